The van der Waals surface area contributed by atoms with Crippen molar-refractivity contribution in [1.82, 2.24) is 14.8 Å². The molecule has 0 aliphatic carbocycles. The van der Waals surface area contributed by atoms with E-state index >= 15 is 0 Å². The topological polar surface area (TPSA) is 43.1 Å². The van der Waals surface area contributed by atoms with Gasteiger partial charge in [0, 0.05) is 15.6 Å². The molecule has 2 heterocycles. The predicted molar refractivity (Wildman–Crippen MR) is 94.3 cm³/mol. The van der Waals surface area contributed by atoms with Crippen LogP contribution in [0.3, 0.4) is 0 Å². The highest BCUT2D eigenvalue weighted by molar-refractivity contribution is 9.10. The Bertz CT molecular complexity index is 912. The molecule has 5 heteroatoms. The minimum Gasteiger partial charge on any atom is -0.281 e. The summed E-state index contributed by atoms with van der Waals surface area (Å²) in [5.41, 5.74) is 4.24. The van der Waals surface area contributed by atoms with Crippen LogP contribution in [0.1, 0.15) is 35.7 Å². The smallest absolute Gasteiger partial charge is 0.162 e. The van der Waals surface area contributed by atoms with Gasteiger partial charge in [0.1, 0.15) is 11.9 Å². The molecule has 23 heavy (non-hydrogen) atoms. The molecule has 0 saturated heterocycles. The molecule has 0 spiro atoms. The largest absolute Gasteiger partial charge is 0.281 e. The Hall–Kier alpha value is -2.27. The van der Waals surface area contributed by atoms with E-state index in [0.717, 1.165) is 38.6 Å². The molecule has 1 atom stereocenters. The Morgan fingerprint density at radius 3 is 2.61 bits per heavy atom. The van der Waals surface area contributed by atoms with E-state index in [1.165, 1.54) is 0 Å². The minimum atomic E-state index is -0.0578. The minimum absolute atomic E-state index is 0.0578. The highest BCUT2D eigenvalue weighted by atomic mass is 79.9. The van der Waals surface area contributed by atoms with Crippen LogP contribution in [0.5, 0.6) is 0 Å². The molecular formula is C18H15BrN4. The fourth-order valence-corrected chi connectivity index (χ4v) is 3.35. The van der Waals surface area contributed by atoms with Crippen LogP contribution in [-0.2, 0) is 0 Å². The molecule has 1 aliphatic heterocycles. The molecule has 0 fully saturated rings. The molecule has 0 radical (unpaired) electrons. The number of nitrogens with zero attached hydrogens (tertiary/aromatic N) is 4. The molecule has 0 bridgehead atoms. The number of aliphatic imine (C=N–C) groups is 1. The number of hydrogen-bond acceptors (Lipinski definition) is 3. The summed E-state index contributed by atoms with van der Waals surface area (Å²) in [6, 6.07) is 16.5. The molecule has 114 valence electrons. The third-order valence-electron chi connectivity index (χ3n) is 4.05. The lowest BCUT2D eigenvalue weighted by atomic mass is 10.0. The first-order valence-corrected chi connectivity index (χ1v) is 8.30. The van der Waals surface area contributed by atoms with Crippen molar-refractivity contribution < 1.29 is 0 Å². The third-order valence-corrected chi connectivity index (χ3v) is 4.54. The highest BCUT2D eigenvalue weighted by Crippen LogP contribution is 2.31. The van der Waals surface area contributed by atoms with Crippen LogP contribution in [0, 0.1) is 6.92 Å². The maximum absolute atomic E-state index is 4.96. The van der Waals surface area contributed by atoms with Gasteiger partial charge in [-0.05, 0) is 32.0 Å². The third kappa shape index (κ3) is 2.32. The average molecular weight is 367 g/mol. The van der Waals surface area contributed by atoms with Crippen molar-refractivity contribution in [3.63, 3.8) is 0 Å². The Morgan fingerprint density at radius 1 is 1.04 bits per heavy atom. The van der Waals surface area contributed by atoms with Crippen molar-refractivity contribution in [3.05, 3.63) is 75.8 Å². The van der Waals surface area contributed by atoms with Crippen molar-refractivity contribution in [1.29, 1.82) is 0 Å². The monoisotopic (exact) mass is 366 g/mol. The summed E-state index contributed by atoms with van der Waals surface area (Å²) in [6.45, 7) is 4.03. The Balaban J connectivity index is 2.06. The van der Waals surface area contributed by atoms with Gasteiger partial charge in [-0.2, -0.15) is 0 Å². The zero-order valence-corrected chi connectivity index (χ0v) is 14.4. The van der Waals surface area contributed by atoms with Crippen LogP contribution in [0.2, 0.25) is 0 Å². The van der Waals surface area contributed by atoms with Crippen LogP contribution < -0.4 is 0 Å². The van der Waals surface area contributed by atoms with E-state index in [9.17, 15) is 0 Å². The van der Waals surface area contributed by atoms with Crippen molar-refractivity contribution in [3.8, 4) is 5.69 Å². The summed E-state index contributed by atoms with van der Waals surface area (Å²) in [7, 11) is 0. The molecule has 0 amide bonds. The van der Waals surface area contributed by atoms with E-state index in [0.29, 0.717) is 0 Å². The summed E-state index contributed by atoms with van der Waals surface area (Å²) < 4.78 is 3.13. The van der Waals surface area contributed by atoms with Gasteiger partial charge in [-0.25, -0.2) is 0 Å². The number of rotatable bonds is 1. The lowest BCUT2D eigenvalue weighted by Gasteiger charge is -2.13. The van der Waals surface area contributed by atoms with Gasteiger partial charge >= 0.3 is 0 Å². The summed E-state index contributed by atoms with van der Waals surface area (Å²) in [5.74, 6) is 1.75. The first-order chi connectivity index (χ1) is 11.1. The Morgan fingerprint density at radius 2 is 1.83 bits per heavy atom. The van der Waals surface area contributed by atoms with Gasteiger partial charge in [-0.3, -0.25) is 9.56 Å². The van der Waals surface area contributed by atoms with Crippen molar-refractivity contribution in [2.45, 2.75) is 19.9 Å². The zero-order chi connectivity index (χ0) is 16.0. The maximum Gasteiger partial charge on any atom is 0.162 e. The van der Waals surface area contributed by atoms with Gasteiger partial charge in [0.2, 0.25) is 0 Å². The number of fused-ring (bicyclic) bond motifs is 3. The lowest BCUT2D eigenvalue weighted by molar-refractivity contribution is 0.721. The standard InChI is InChI=1S/C18H15BrN4/c1-11-18-22-21-12(2)23(18)16-9-8-14(19)10-15(16)17(20-11)13-6-4-3-5-7-13/h3-11H,1-2H3/t11-/m1/s1. The normalized spacial score (nSPS) is 16.3. The lowest BCUT2D eigenvalue weighted by Crippen LogP contribution is -2.08. The van der Waals surface area contributed by atoms with Crippen molar-refractivity contribution in [2.75, 3.05) is 0 Å². The molecule has 0 unspecified atom stereocenters. The number of halogens is 1. The van der Waals surface area contributed by atoms with Gasteiger partial charge in [-0.15, -0.1) is 10.2 Å². The summed E-state index contributed by atoms with van der Waals surface area (Å²) in [4.78, 5) is 4.96. The molecule has 3 aromatic rings. The van der Waals surface area contributed by atoms with E-state index in [2.05, 4.69) is 61.9 Å². The maximum atomic E-state index is 4.96. The summed E-state index contributed by atoms with van der Waals surface area (Å²) >= 11 is 3.58. The average Bonchev–Trinajstić information content (AvgIpc) is 2.89. The molecule has 1 aliphatic rings. The molecule has 0 saturated carbocycles. The van der Waals surface area contributed by atoms with Gasteiger partial charge in [0.25, 0.3) is 0 Å². The van der Waals surface area contributed by atoms with E-state index in [1.54, 1.807) is 0 Å². The first kappa shape index (κ1) is 14.3. The molecule has 1 aromatic heterocycles. The van der Waals surface area contributed by atoms with Crippen LogP contribution in [0.4, 0.5) is 0 Å². The second-order valence-electron chi connectivity index (χ2n) is 5.62. The van der Waals surface area contributed by atoms with Crippen LogP contribution in [-0.4, -0.2) is 20.5 Å². The molecule has 4 rings (SSSR count). The van der Waals surface area contributed by atoms with Crippen LogP contribution in [0.15, 0.2) is 58.0 Å². The second kappa shape index (κ2) is 5.42. The number of aromatic nitrogens is 3. The molecule has 0 N–H and O–H groups in total. The SMILES string of the molecule is Cc1nnc2n1-c1ccc(Br)cc1C(c1ccccc1)=N[C@@H]2C. The molecule has 4 nitrogen and oxygen atoms in total. The van der Waals surface area contributed by atoms with Gasteiger partial charge in [0.15, 0.2) is 5.82 Å². The van der Waals surface area contributed by atoms with Gasteiger partial charge in [0.05, 0.1) is 11.4 Å². The Labute approximate surface area is 143 Å². The number of hydrogen-bond donors (Lipinski definition) is 0. The van der Waals surface area contributed by atoms with Crippen molar-refractivity contribution in [2.24, 2.45) is 4.99 Å². The fraction of sp³-hybridized carbons (Fsp3) is 0.167. The summed E-state index contributed by atoms with van der Waals surface area (Å²) in [6.07, 6.45) is 0. The number of benzene rings is 2. The summed E-state index contributed by atoms with van der Waals surface area (Å²) in [5, 5.41) is 8.58. The van der Waals surface area contributed by atoms with Gasteiger partial charge in [-0.1, -0.05) is 46.3 Å². The second-order valence-corrected chi connectivity index (χ2v) is 6.54. The van der Waals surface area contributed by atoms with Gasteiger partial charge < -0.3 is 0 Å². The van der Waals surface area contributed by atoms with E-state index < -0.39 is 0 Å². The highest BCUT2D eigenvalue weighted by Gasteiger charge is 2.25. The molecule has 2 aromatic carbocycles. The Kier molecular flexibility index (Phi) is 3.38. The fourth-order valence-electron chi connectivity index (χ4n) is 2.99. The number of aryl methyl sites for hydroxylation is 1. The predicted octanol–water partition coefficient (Wildman–Crippen LogP) is 4.25. The zero-order valence-electron chi connectivity index (χ0n) is 12.9. The molecular weight excluding hydrogens is 352 g/mol. The van der Waals surface area contributed by atoms with Crippen LogP contribution >= 0.6 is 15.9 Å². The quantitative estimate of drug-likeness (QED) is 0.645. The van der Waals surface area contributed by atoms with E-state index in [1.807, 2.05) is 31.2 Å². The van der Waals surface area contributed by atoms with Crippen molar-refractivity contribution >= 4 is 21.6 Å². The van der Waals surface area contributed by atoms with Crippen LogP contribution in [0.25, 0.3) is 5.69 Å². The van der Waals surface area contributed by atoms with E-state index in [-0.39, 0.29) is 6.04 Å². The first-order valence-electron chi connectivity index (χ1n) is 7.50. The van der Waals surface area contributed by atoms with E-state index in [4.69, 9.17) is 4.99 Å².